The van der Waals surface area contributed by atoms with Crippen molar-refractivity contribution in [3.8, 4) is 0 Å². The van der Waals surface area contributed by atoms with Crippen LogP contribution in [0.25, 0.3) is 0 Å². The minimum Gasteiger partial charge on any atom is -0.367 e. The molecule has 0 bridgehead atoms. The molecule has 0 unspecified atom stereocenters. The molecule has 5 heteroatoms. The smallest absolute Gasteiger partial charge is 0.315 e. The van der Waals surface area contributed by atoms with E-state index in [1.54, 1.807) is 11.8 Å². The molecule has 1 saturated heterocycles. The van der Waals surface area contributed by atoms with Crippen LogP contribution < -0.4 is 10.6 Å². The lowest BCUT2D eigenvalue weighted by molar-refractivity contribution is -0.0690. The van der Waals surface area contributed by atoms with Crippen molar-refractivity contribution in [2.24, 2.45) is 0 Å². The zero-order chi connectivity index (χ0) is 14.0. The molecule has 1 heterocycles. The van der Waals surface area contributed by atoms with Crippen LogP contribution in [0.5, 0.6) is 0 Å². The molecule has 1 aliphatic rings. The Bertz CT molecular complexity index is 305. The van der Waals surface area contributed by atoms with Crippen molar-refractivity contribution in [2.45, 2.75) is 64.3 Å². The largest absolute Gasteiger partial charge is 0.367 e. The molecule has 2 N–H and O–H groups in total. The fourth-order valence-corrected chi connectivity index (χ4v) is 3.09. The van der Waals surface area contributed by atoms with Gasteiger partial charge < -0.3 is 15.4 Å². The van der Waals surface area contributed by atoms with Gasteiger partial charge in [-0.25, -0.2) is 4.79 Å². The lowest BCUT2D eigenvalue weighted by Crippen LogP contribution is -2.51. The minimum absolute atomic E-state index is 0.0500. The Morgan fingerprint density at radius 1 is 1.44 bits per heavy atom. The summed E-state index contributed by atoms with van der Waals surface area (Å²) in [5, 5.41) is 5.98. The number of ether oxygens (including phenoxy) is 1. The first kappa shape index (κ1) is 15.6. The lowest BCUT2D eigenvalue weighted by Gasteiger charge is -2.28. The number of thioether (sulfide) groups is 1. The summed E-state index contributed by atoms with van der Waals surface area (Å²) >= 11 is 1.73. The SMILES string of the molecule is CSC[C@H](C)NC(=O)N[C@@H]1CC(C)(C)OC1(C)C. The molecule has 0 aromatic rings. The van der Waals surface area contributed by atoms with Crippen LogP contribution in [0.3, 0.4) is 0 Å². The van der Waals surface area contributed by atoms with Crippen molar-refractivity contribution in [3.63, 3.8) is 0 Å². The topological polar surface area (TPSA) is 50.4 Å². The van der Waals surface area contributed by atoms with Gasteiger partial charge in [-0.05, 0) is 47.3 Å². The van der Waals surface area contributed by atoms with Gasteiger partial charge in [-0.15, -0.1) is 0 Å². The van der Waals surface area contributed by atoms with Gasteiger partial charge in [-0.1, -0.05) is 0 Å². The molecule has 1 rings (SSSR count). The molecular formula is C13H26N2O2S. The second-order valence-electron chi connectivity index (χ2n) is 6.20. The van der Waals surface area contributed by atoms with Gasteiger partial charge in [0.15, 0.2) is 0 Å². The number of nitrogens with one attached hydrogen (secondary N) is 2. The zero-order valence-electron chi connectivity index (χ0n) is 12.3. The molecule has 18 heavy (non-hydrogen) atoms. The van der Waals surface area contributed by atoms with Crippen LogP contribution in [-0.4, -0.2) is 41.3 Å². The van der Waals surface area contributed by atoms with E-state index in [4.69, 9.17) is 4.74 Å². The van der Waals surface area contributed by atoms with E-state index in [2.05, 4.69) is 24.5 Å². The van der Waals surface area contributed by atoms with Gasteiger partial charge in [0.05, 0.1) is 17.2 Å². The predicted molar refractivity (Wildman–Crippen MR) is 77.2 cm³/mol. The van der Waals surface area contributed by atoms with Gasteiger partial charge in [0, 0.05) is 11.8 Å². The average Bonchev–Trinajstić information content (AvgIpc) is 2.33. The molecule has 106 valence electrons. The van der Waals surface area contributed by atoms with Crippen LogP contribution in [0.4, 0.5) is 4.79 Å². The highest BCUT2D eigenvalue weighted by Crippen LogP contribution is 2.37. The number of hydrogen-bond acceptors (Lipinski definition) is 3. The van der Waals surface area contributed by atoms with Crippen LogP contribution in [0, 0.1) is 0 Å². The normalized spacial score (nSPS) is 26.7. The number of carbonyl (C=O) groups is 1. The van der Waals surface area contributed by atoms with Crippen LogP contribution >= 0.6 is 11.8 Å². The van der Waals surface area contributed by atoms with Crippen molar-refractivity contribution in [3.05, 3.63) is 0 Å². The van der Waals surface area contributed by atoms with Gasteiger partial charge in [0.25, 0.3) is 0 Å². The third-order valence-electron chi connectivity index (χ3n) is 3.17. The third-order valence-corrected chi connectivity index (χ3v) is 4.01. The number of carbonyl (C=O) groups excluding carboxylic acids is 1. The van der Waals surface area contributed by atoms with E-state index in [0.717, 1.165) is 12.2 Å². The monoisotopic (exact) mass is 274 g/mol. The van der Waals surface area contributed by atoms with Crippen molar-refractivity contribution in [1.29, 1.82) is 0 Å². The average molecular weight is 274 g/mol. The first-order chi connectivity index (χ1) is 8.16. The second-order valence-corrected chi connectivity index (χ2v) is 7.11. The van der Waals surface area contributed by atoms with Gasteiger partial charge in [-0.2, -0.15) is 11.8 Å². The van der Waals surface area contributed by atoms with Crippen molar-refractivity contribution in [1.82, 2.24) is 10.6 Å². The Hall–Kier alpha value is -0.420. The van der Waals surface area contributed by atoms with Gasteiger partial charge in [0.2, 0.25) is 0 Å². The summed E-state index contributed by atoms with van der Waals surface area (Å²) in [7, 11) is 0. The lowest BCUT2D eigenvalue weighted by atomic mass is 9.95. The molecule has 1 aliphatic heterocycles. The Labute approximate surface area is 115 Å². The Balaban J connectivity index is 2.50. The van der Waals surface area contributed by atoms with E-state index < -0.39 is 0 Å². The molecular weight excluding hydrogens is 248 g/mol. The summed E-state index contributed by atoms with van der Waals surface area (Å²) in [6.07, 6.45) is 2.87. The minimum atomic E-state index is -0.316. The molecule has 0 spiro atoms. The van der Waals surface area contributed by atoms with Crippen molar-refractivity contribution >= 4 is 17.8 Å². The van der Waals surface area contributed by atoms with Crippen molar-refractivity contribution < 1.29 is 9.53 Å². The third kappa shape index (κ3) is 4.35. The van der Waals surface area contributed by atoms with E-state index in [-0.39, 0.29) is 29.3 Å². The molecule has 2 amide bonds. The Kier molecular flexibility index (Phi) is 4.95. The Morgan fingerprint density at radius 2 is 2.06 bits per heavy atom. The highest BCUT2D eigenvalue weighted by atomic mass is 32.2. The second kappa shape index (κ2) is 5.70. The van der Waals surface area contributed by atoms with Gasteiger partial charge in [0.1, 0.15) is 0 Å². The summed E-state index contributed by atoms with van der Waals surface area (Å²) in [5.41, 5.74) is -0.490. The summed E-state index contributed by atoms with van der Waals surface area (Å²) in [6.45, 7) is 10.2. The maximum absolute atomic E-state index is 11.9. The number of urea groups is 1. The molecule has 0 saturated carbocycles. The predicted octanol–water partition coefficient (Wildman–Crippen LogP) is 2.38. The van der Waals surface area contributed by atoms with E-state index in [1.165, 1.54) is 0 Å². The van der Waals surface area contributed by atoms with Gasteiger partial charge >= 0.3 is 6.03 Å². The highest BCUT2D eigenvalue weighted by Gasteiger charge is 2.46. The molecule has 0 radical (unpaired) electrons. The number of amides is 2. The van der Waals surface area contributed by atoms with Crippen LogP contribution in [0.1, 0.15) is 41.0 Å². The summed E-state index contributed by atoms with van der Waals surface area (Å²) in [4.78, 5) is 11.9. The number of hydrogen-bond donors (Lipinski definition) is 2. The molecule has 1 fully saturated rings. The van der Waals surface area contributed by atoms with Crippen LogP contribution in [0.2, 0.25) is 0 Å². The molecule has 2 atom stereocenters. The molecule has 0 aromatic carbocycles. The summed E-state index contributed by atoms with van der Waals surface area (Å²) in [6, 6.07) is 0.128. The quantitative estimate of drug-likeness (QED) is 0.827. The maximum Gasteiger partial charge on any atom is 0.315 e. The van der Waals surface area contributed by atoms with E-state index >= 15 is 0 Å². The van der Waals surface area contributed by atoms with Gasteiger partial charge in [-0.3, -0.25) is 0 Å². The van der Waals surface area contributed by atoms with E-state index in [1.807, 2.05) is 27.0 Å². The summed E-state index contributed by atoms with van der Waals surface area (Å²) < 4.78 is 5.96. The first-order valence-corrected chi connectivity index (χ1v) is 7.82. The maximum atomic E-state index is 11.9. The molecule has 0 aliphatic carbocycles. The number of rotatable bonds is 4. The molecule has 0 aromatic heterocycles. The van der Waals surface area contributed by atoms with Crippen molar-refractivity contribution in [2.75, 3.05) is 12.0 Å². The highest BCUT2D eigenvalue weighted by molar-refractivity contribution is 7.98. The molecule has 4 nitrogen and oxygen atoms in total. The van der Waals surface area contributed by atoms with Crippen LogP contribution in [0.15, 0.2) is 0 Å². The van der Waals surface area contributed by atoms with E-state index in [9.17, 15) is 4.79 Å². The standard InChI is InChI=1S/C13H26N2O2S/c1-9(8-18-6)14-11(16)15-10-7-12(2,3)17-13(10,4)5/h9-10H,7-8H2,1-6H3,(H2,14,15,16)/t9-,10+/m0/s1. The van der Waals surface area contributed by atoms with Crippen LogP contribution in [-0.2, 0) is 4.74 Å². The zero-order valence-corrected chi connectivity index (χ0v) is 13.1. The fraction of sp³-hybridized carbons (Fsp3) is 0.923. The first-order valence-electron chi connectivity index (χ1n) is 6.42. The Morgan fingerprint density at radius 3 is 2.50 bits per heavy atom. The summed E-state index contributed by atoms with van der Waals surface area (Å²) in [5.74, 6) is 0.920. The fourth-order valence-electron chi connectivity index (χ4n) is 2.50. The van der Waals surface area contributed by atoms with E-state index in [0.29, 0.717) is 0 Å².